The molecule has 0 spiro atoms. The molecule has 23 heavy (non-hydrogen) atoms. The lowest BCUT2D eigenvalue weighted by Gasteiger charge is -2.11. The standard InChI is InChI=1S/C17H21N5O/c1-12-5-6-14-15(10-12)21-17(20-14)13(2)19-16(23)4-3-8-22-9-7-18-11-22/h5-7,9-11,13H,3-4,8H2,1-2H3,(H,19,23)(H,20,21). The zero-order valence-corrected chi connectivity index (χ0v) is 13.4. The number of hydrogen-bond acceptors (Lipinski definition) is 3. The Labute approximate surface area is 135 Å². The van der Waals surface area contributed by atoms with Crippen LogP contribution >= 0.6 is 0 Å². The maximum Gasteiger partial charge on any atom is 0.220 e. The van der Waals surface area contributed by atoms with Crippen molar-refractivity contribution in [1.82, 2.24) is 24.8 Å². The number of hydrogen-bond donors (Lipinski definition) is 2. The van der Waals surface area contributed by atoms with Crippen LogP contribution in [0, 0.1) is 6.92 Å². The zero-order valence-electron chi connectivity index (χ0n) is 13.4. The van der Waals surface area contributed by atoms with Gasteiger partial charge in [-0.15, -0.1) is 0 Å². The molecule has 1 amide bonds. The Morgan fingerprint density at radius 3 is 3.09 bits per heavy atom. The summed E-state index contributed by atoms with van der Waals surface area (Å²) in [6, 6.07) is 5.95. The van der Waals surface area contributed by atoms with E-state index in [0.717, 1.165) is 29.8 Å². The lowest BCUT2D eigenvalue weighted by Crippen LogP contribution is -2.27. The van der Waals surface area contributed by atoms with Gasteiger partial charge in [0.2, 0.25) is 5.91 Å². The van der Waals surface area contributed by atoms with Crippen molar-refractivity contribution in [3.05, 3.63) is 48.3 Å². The van der Waals surface area contributed by atoms with Crippen molar-refractivity contribution in [3.63, 3.8) is 0 Å². The van der Waals surface area contributed by atoms with Gasteiger partial charge >= 0.3 is 0 Å². The Morgan fingerprint density at radius 1 is 1.43 bits per heavy atom. The summed E-state index contributed by atoms with van der Waals surface area (Å²) >= 11 is 0. The van der Waals surface area contributed by atoms with E-state index in [2.05, 4.69) is 26.3 Å². The van der Waals surface area contributed by atoms with Gasteiger partial charge in [-0.05, 0) is 38.0 Å². The number of H-pyrrole nitrogens is 1. The van der Waals surface area contributed by atoms with Crippen LogP contribution in [0.15, 0.2) is 36.9 Å². The molecule has 6 nitrogen and oxygen atoms in total. The molecule has 0 radical (unpaired) electrons. The Morgan fingerprint density at radius 2 is 2.30 bits per heavy atom. The predicted octanol–water partition coefficient (Wildman–Crippen LogP) is 2.73. The summed E-state index contributed by atoms with van der Waals surface area (Å²) < 4.78 is 1.97. The van der Waals surface area contributed by atoms with Crippen LogP contribution in [0.1, 0.15) is 37.2 Å². The number of carbonyl (C=O) groups excluding carboxylic acids is 1. The third-order valence-corrected chi connectivity index (χ3v) is 3.82. The number of aromatic amines is 1. The topological polar surface area (TPSA) is 75.6 Å². The number of fused-ring (bicyclic) bond motifs is 1. The summed E-state index contributed by atoms with van der Waals surface area (Å²) in [5.41, 5.74) is 3.11. The van der Waals surface area contributed by atoms with Crippen molar-refractivity contribution in [2.24, 2.45) is 0 Å². The molecular formula is C17H21N5O. The molecule has 2 aromatic heterocycles. The molecule has 0 aliphatic carbocycles. The fourth-order valence-electron chi connectivity index (χ4n) is 2.57. The van der Waals surface area contributed by atoms with Crippen LogP contribution in [0.5, 0.6) is 0 Å². The molecule has 0 fully saturated rings. The maximum absolute atomic E-state index is 12.0. The van der Waals surface area contributed by atoms with Crippen molar-refractivity contribution in [3.8, 4) is 0 Å². The minimum absolute atomic E-state index is 0.0363. The van der Waals surface area contributed by atoms with Crippen molar-refractivity contribution in [2.75, 3.05) is 0 Å². The molecule has 120 valence electrons. The minimum atomic E-state index is -0.136. The lowest BCUT2D eigenvalue weighted by atomic mass is 10.2. The Hall–Kier alpha value is -2.63. The second kappa shape index (κ2) is 6.64. The number of benzene rings is 1. The number of amides is 1. The number of aromatic nitrogens is 4. The molecule has 3 aromatic rings. The van der Waals surface area contributed by atoms with Gasteiger partial charge in [0.1, 0.15) is 5.82 Å². The van der Waals surface area contributed by atoms with E-state index in [0.29, 0.717) is 6.42 Å². The molecule has 3 rings (SSSR count). The van der Waals surface area contributed by atoms with Crippen LogP contribution in [-0.2, 0) is 11.3 Å². The first-order valence-corrected chi connectivity index (χ1v) is 7.83. The first-order valence-electron chi connectivity index (χ1n) is 7.83. The number of imidazole rings is 2. The van der Waals surface area contributed by atoms with Gasteiger partial charge in [-0.1, -0.05) is 6.07 Å². The minimum Gasteiger partial charge on any atom is -0.346 e. The molecule has 0 bridgehead atoms. The molecule has 0 saturated carbocycles. The number of carbonyl (C=O) groups is 1. The number of aryl methyl sites for hydroxylation is 2. The number of nitrogens with one attached hydrogen (secondary N) is 2. The molecule has 0 saturated heterocycles. The average molecular weight is 311 g/mol. The van der Waals surface area contributed by atoms with Gasteiger partial charge in [-0.2, -0.15) is 0 Å². The Balaban J connectivity index is 1.54. The Kier molecular flexibility index (Phi) is 4.41. The highest BCUT2D eigenvalue weighted by atomic mass is 16.1. The van der Waals surface area contributed by atoms with Gasteiger partial charge in [0, 0.05) is 25.4 Å². The summed E-state index contributed by atoms with van der Waals surface area (Å²) in [5, 5.41) is 2.99. The smallest absolute Gasteiger partial charge is 0.220 e. The van der Waals surface area contributed by atoms with Gasteiger partial charge in [-0.3, -0.25) is 4.79 Å². The van der Waals surface area contributed by atoms with E-state index >= 15 is 0 Å². The first kappa shape index (κ1) is 15.3. The third-order valence-electron chi connectivity index (χ3n) is 3.82. The summed E-state index contributed by atoms with van der Waals surface area (Å²) in [4.78, 5) is 23.9. The lowest BCUT2D eigenvalue weighted by molar-refractivity contribution is -0.121. The highest BCUT2D eigenvalue weighted by Gasteiger charge is 2.13. The van der Waals surface area contributed by atoms with Gasteiger partial charge in [-0.25, -0.2) is 9.97 Å². The number of nitrogens with zero attached hydrogens (tertiary/aromatic N) is 3. The summed E-state index contributed by atoms with van der Waals surface area (Å²) in [7, 11) is 0. The monoisotopic (exact) mass is 311 g/mol. The molecule has 0 aliphatic heterocycles. The predicted molar refractivity (Wildman–Crippen MR) is 88.8 cm³/mol. The largest absolute Gasteiger partial charge is 0.346 e. The van der Waals surface area contributed by atoms with E-state index in [9.17, 15) is 4.79 Å². The molecule has 2 heterocycles. The van der Waals surface area contributed by atoms with E-state index < -0.39 is 0 Å². The fourth-order valence-corrected chi connectivity index (χ4v) is 2.57. The molecule has 1 atom stereocenters. The van der Waals surface area contributed by atoms with Gasteiger partial charge < -0.3 is 14.9 Å². The molecular weight excluding hydrogens is 290 g/mol. The number of rotatable bonds is 6. The van der Waals surface area contributed by atoms with E-state index in [1.165, 1.54) is 5.56 Å². The van der Waals surface area contributed by atoms with Crippen LogP contribution < -0.4 is 5.32 Å². The first-order chi connectivity index (χ1) is 11.1. The normalized spacial score (nSPS) is 12.4. The molecule has 1 aromatic carbocycles. The molecule has 1 unspecified atom stereocenters. The van der Waals surface area contributed by atoms with Gasteiger partial charge in [0.05, 0.1) is 23.4 Å². The molecule has 2 N–H and O–H groups in total. The second-order valence-electron chi connectivity index (χ2n) is 5.84. The average Bonchev–Trinajstić information content (AvgIpc) is 3.15. The summed E-state index contributed by atoms with van der Waals surface area (Å²) in [6.07, 6.45) is 6.68. The molecule has 6 heteroatoms. The van der Waals surface area contributed by atoms with Crippen molar-refractivity contribution < 1.29 is 4.79 Å². The Bertz CT molecular complexity index is 791. The summed E-state index contributed by atoms with van der Waals surface area (Å²) in [5.74, 6) is 0.822. The van der Waals surface area contributed by atoms with Gasteiger partial charge in [0.15, 0.2) is 0 Å². The van der Waals surface area contributed by atoms with Crippen LogP contribution in [0.3, 0.4) is 0 Å². The fraction of sp³-hybridized carbons (Fsp3) is 0.353. The van der Waals surface area contributed by atoms with Crippen LogP contribution in [-0.4, -0.2) is 25.4 Å². The highest BCUT2D eigenvalue weighted by Crippen LogP contribution is 2.17. The third kappa shape index (κ3) is 3.77. The second-order valence-corrected chi connectivity index (χ2v) is 5.84. The maximum atomic E-state index is 12.0. The van der Waals surface area contributed by atoms with Crippen LogP contribution in [0.4, 0.5) is 0 Å². The van der Waals surface area contributed by atoms with Crippen LogP contribution in [0.25, 0.3) is 11.0 Å². The van der Waals surface area contributed by atoms with E-state index in [-0.39, 0.29) is 11.9 Å². The van der Waals surface area contributed by atoms with Gasteiger partial charge in [0.25, 0.3) is 0 Å². The van der Waals surface area contributed by atoms with E-state index in [4.69, 9.17) is 0 Å². The van der Waals surface area contributed by atoms with Crippen LogP contribution in [0.2, 0.25) is 0 Å². The SMILES string of the molecule is Cc1ccc2nc(C(C)NC(=O)CCCn3ccnc3)[nH]c2c1. The summed E-state index contributed by atoms with van der Waals surface area (Å²) in [6.45, 7) is 4.79. The zero-order chi connectivity index (χ0) is 16.2. The van der Waals surface area contributed by atoms with E-state index in [1.54, 1.807) is 12.5 Å². The van der Waals surface area contributed by atoms with Crippen molar-refractivity contribution >= 4 is 16.9 Å². The van der Waals surface area contributed by atoms with Crippen molar-refractivity contribution in [1.29, 1.82) is 0 Å². The highest BCUT2D eigenvalue weighted by molar-refractivity contribution is 5.77. The molecule has 0 aliphatic rings. The van der Waals surface area contributed by atoms with Crippen molar-refractivity contribution in [2.45, 2.75) is 39.3 Å². The quantitative estimate of drug-likeness (QED) is 0.735. The van der Waals surface area contributed by atoms with E-state index in [1.807, 2.05) is 36.7 Å².